The van der Waals surface area contributed by atoms with Gasteiger partial charge in [-0.3, -0.25) is 0 Å². The van der Waals surface area contributed by atoms with Crippen LogP contribution in [0.1, 0.15) is 206 Å². The lowest BCUT2D eigenvalue weighted by Gasteiger charge is -2.31. The third kappa shape index (κ3) is 39.0. The zero-order valence-electron chi connectivity index (χ0n) is 33.1. The minimum atomic E-state index is 0.606. The first-order valence-electron chi connectivity index (χ1n) is 19.6. The molecule has 1 N–H and O–H groups in total. The Morgan fingerprint density at radius 1 is 0.698 bits per heavy atom. The van der Waals surface area contributed by atoms with Crippen LogP contribution >= 0.6 is 0 Å². The quantitative estimate of drug-likeness (QED) is 0.172. The molecule has 0 amide bonds. The highest BCUT2D eigenvalue weighted by Crippen LogP contribution is 2.26. The molecule has 0 aromatic heterocycles. The fraction of sp³-hybridized carbons (Fsp3) is 0.857. The summed E-state index contributed by atoms with van der Waals surface area (Å²) in [6.45, 7) is 37.8. The van der Waals surface area contributed by atoms with E-state index in [1.165, 1.54) is 108 Å². The van der Waals surface area contributed by atoms with Gasteiger partial charge in [-0.1, -0.05) is 192 Å². The predicted octanol–water partition coefficient (Wildman–Crippen LogP) is 15.5. The lowest BCUT2D eigenvalue weighted by Crippen LogP contribution is -2.36. The van der Waals surface area contributed by atoms with Gasteiger partial charge >= 0.3 is 0 Å². The van der Waals surface area contributed by atoms with E-state index in [4.69, 9.17) is 0 Å². The third-order valence-electron chi connectivity index (χ3n) is 7.83. The summed E-state index contributed by atoms with van der Waals surface area (Å²) in [6.07, 6.45) is 30.0. The van der Waals surface area contributed by atoms with E-state index in [1.807, 2.05) is 41.5 Å². The SMILES string of the molecule is C=C(CCCCC)NC1CCCC[C@H]1C.C=CC(C)C(C)C=CC1CCCCC1.CC.CC.CC.CCC.CCCCC. The highest BCUT2D eigenvalue weighted by Gasteiger charge is 2.20. The molecule has 2 saturated carbocycles. The van der Waals surface area contributed by atoms with Crippen molar-refractivity contribution in [3.8, 4) is 0 Å². The first-order valence-corrected chi connectivity index (χ1v) is 19.6. The summed E-state index contributed by atoms with van der Waals surface area (Å²) >= 11 is 0. The van der Waals surface area contributed by atoms with Crippen LogP contribution < -0.4 is 5.32 Å². The molecule has 262 valence electrons. The van der Waals surface area contributed by atoms with E-state index in [0.717, 1.165) is 18.3 Å². The summed E-state index contributed by atoms with van der Waals surface area (Å²) in [7, 11) is 0. The van der Waals surface area contributed by atoms with Gasteiger partial charge in [0, 0.05) is 11.7 Å². The summed E-state index contributed by atoms with van der Waals surface area (Å²) in [5.41, 5.74) is 1.27. The van der Waals surface area contributed by atoms with Gasteiger partial charge in [0.2, 0.25) is 0 Å². The van der Waals surface area contributed by atoms with Crippen LogP contribution in [-0.4, -0.2) is 6.04 Å². The summed E-state index contributed by atoms with van der Waals surface area (Å²) in [4.78, 5) is 0. The topological polar surface area (TPSA) is 12.0 Å². The molecule has 1 heteroatoms. The minimum absolute atomic E-state index is 0.606. The molecule has 2 aliphatic rings. The summed E-state index contributed by atoms with van der Waals surface area (Å²) in [5.74, 6) is 2.95. The molecular weight excluding hydrogens is 518 g/mol. The normalized spacial score (nSPS) is 18.7. The van der Waals surface area contributed by atoms with Crippen LogP contribution in [0.5, 0.6) is 0 Å². The maximum Gasteiger partial charge on any atom is 0.0283 e. The fourth-order valence-corrected chi connectivity index (χ4v) is 4.86. The summed E-state index contributed by atoms with van der Waals surface area (Å²) in [5, 5.41) is 3.63. The van der Waals surface area contributed by atoms with Crippen LogP contribution in [0.3, 0.4) is 0 Å². The van der Waals surface area contributed by atoms with Crippen molar-refractivity contribution in [3.63, 3.8) is 0 Å². The van der Waals surface area contributed by atoms with Crippen molar-refractivity contribution in [2.24, 2.45) is 23.7 Å². The van der Waals surface area contributed by atoms with Gasteiger partial charge in [0.15, 0.2) is 0 Å². The van der Waals surface area contributed by atoms with Crippen molar-refractivity contribution in [1.82, 2.24) is 5.32 Å². The average Bonchev–Trinajstić information content (AvgIpc) is 3.05. The zero-order valence-corrected chi connectivity index (χ0v) is 33.1. The van der Waals surface area contributed by atoms with Crippen LogP contribution in [0, 0.1) is 23.7 Å². The molecule has 0 heterocycles. The Morgan fingerprint density at radius 3 is 1.58 bits per heavy atom. The largest absolute Gasteiger partial charge is 0.386 e. The van der Waals surface area contributed by atoms with Gasteiger partial charge in [0.1, 0.15) is 0 Å². The lowest BCUT2D eigenvalue weighted by molar-refractivity contribution is 0.294. The van der Waals surface area contributed by atoms with Crippen molar-refractivity contribution >= 4 is 0 Å². The first kappa shape index (κ1) is 51.6. The minimum Gasteiger partial charge on any atom is -0.386 e. The molecule has 0 aromatic rings. The van der Waals surface area contributed by atoms with E-state index in [1.54, 1.807) is 0 Å². The van der Waals surface area contributed by atoms with Gasteiger partial charge in [-0.15, -0.1) is 6.58 Å². The van der Waals surface area contributed by atoms with Crippen molar-refractivity contribution < 1.29 is 0 Å². The summed E-state index contributed by atoms with van der Waals surface area (Å²) < 4.78 is 0. The highest BCUT2D eigenvalue weighted by atomic mass is 14.9. The van der Waals surface area contributed by atoms with Gasteiger partial charge < -0.3 is 5.32 Å². The Labute approximate surface area is 277 Å². The molecule has 2 rings (SSSR count). The summed E-state index contributed by atoms with van der Waals surface area (Å²) in [6, 6.07) is 0.702. The molecule has 3 unspecified atom stereocenters. The number of allylic oxidation sites excluding steroid dienone is 4. The van der Waals surface area contributed by atoms with Gasteiger partial charge in [0.25, 0.3) is 0 Å². The number of nitrogens with one attached hydrogen (secondary N) is 1. The molecule has 2 fully saturated rings. The standard InChI is InChI=1S/C14H27N.C14H24.C5H12.C3H8.3C2H6/c1-4-5-6-10-13(3)15-14-11-8-7-9-12(14)2;1-4-12(2)13(3)10-11-14-8-6-5-7-9-14;1-3-5-4-2;1-3-2;3*1-2/h12,14-15H,3-11H2,1-2H3;4,10-14H,1,5-9H2,2-3H3;3-5H2,1-2H3;3H2,1-2H3;3*1-2H3/t12-,14?;;;;;;/m1....../s1. The second-order valence-corrected chi connectivity index (χ2v) is 11.9. The van der Waals surface area contributed by atoms with Crippen LogP contribution in [0.4, 0.5) is 0 Å². The molecule has 0 aliphatic heterocycles. The number of hydrogen-bond donors (Lipinski definition) is 1. The van der Waals surface area contributed by atoms with Crippen LogP contribution in [-0.2, 0) is 0 Å². The van der Waals surface area contributed by atoms with Crippen molar-refractivity contribution in [2.45, 2.75) is 212 Å². The van der Waals surface area contributed by atoms with E-state index in [0.29, 0.717) is 17.9 Å². The molecule has 0 spiro atoms. The van der Waals surface area contributed by atoms with E-state index in [2.05, 4.69) is 92.1 Å². The van der Waals surface area contributed by atoms with Crippen molar-refractivity contribution in [1.29, 1.82) is 0 Å². The third-order valence-corrected chi connectivity index (χ3v) is 7.83. The second-order valence-electron chi connectivity index (χ2n) is 11.9. The van der Waals surface area contributed by atoms with Gasteiger partial charge in [-0.2, -0.15) is 0 Å². The molecule has 0 saturated heterocycles. The predicted molar refractivity (Wildman–Crippen MR) is 207 cm³/mol. The monoisotopic (exact) mass is 608 g/mol. The van der Waals surface area contributed by atoms with Crippen molar-refractivity contribution in [2.75, 3.05) is 0 Å². The van der Waals surface area contributed by atoms with Crippen LogP contribution in [0.15, 0.2) is 37.1 Å². The molecule has 0 radical (unpaired) electrons. The number of rotatable bonds is 12. The molecule has 2 aliphatic carbocycles. The van der Waals surface area contributed by atoms with E-state index in [9.17, 15) is 0 Å². The van der Waals surface area contributed by atoms with Crippen LogP contribution in [0.2, 0.25) is 0 Å². The maximum absolute atomic E-state index is 4.14. The first-order chi connectivity index (χ1) is 20.8. The Morgan fingerprint density at radius 2 is 1.16 bits per heavy atom. The molecule has 0 aromatic carbocycles. The molecule has 0 bridgehead atoms. The van der Waals surface area contributed by atoms with Gasteiger partial charge in [-0.25, -0.2) is 0 Å². The molecule has 43 heavy (non-hydrogen) atoms. The Balaban J connectivity index is -0.000000158. The van der Waals surface area contributed by atoms with E-state index < -0.39 is 0 Å². The van der Waals surface area contributed by atoms with E-state index in [-0.39, 0.29) is 0 Å². The smallest absolute Gasteiger partial charge is 0.0283 e. The fourth-order valence-electron chi connectivity index (χ4n) is 4.86. The Kier molecular flexibility index (Phi) is 54.5. The van der Waals surface area contributed by atoms with Gasteiger partial charge in [-0.05, 0) is 62.2 Å². The Bertz CT molecular complexity index is 511. The second kappa shape index (κ2) is 45.4. The molecule has 4 atom stereocenters. The number of unbranched alkanes of at least 4 members (excludes halogenated alkanes) is 4. The lowest BCUT2D eigenvalue weighted by atomic mass is 9.86. The van der Waals surface area contributed by atoms with Gasteiger partial charge in [0.05, 0.1) is 0 Å². The zero-order chi connectivity index (χ0) is 34.3. The highest BCUT2D eigenvalue weighted by molar-refractivity contribution is 4.97. The molecule has 1 nitrogen and oxygen atoms in total. The average molecular weight is 608 g/mol. The number of hydrogen-bond acceptors (Lipinski definition) is 1. The van der Waals surface area contributed by atoms with E-state index >= 15 is 0 Å². The van der Waals surface area contributed by atoms with Crippen molar-refractivity contribution in [3.05, 3.63) is 37.1 Å². The Hall–Kier alpha value is -0.980. The maximum atomic E-state index is 4.14. The van der Waals surface area contributed by atoms with Crippen LogP contribution in [0.25, 0.3) is 0 Å². The molecular formula is C42H89N.